The first kappa shape index (κ1) is 98.1. The van der Waals surface area contributed by atoms with E-state index in [-0.39, 0.29) is 25.7 Å². The molecule has 0 amide bonds. The molecule has 0 radical (unpaired) electrons. The van der Waals surface area contributed by atoms with Crippen LogP contribution in [0.15, 0.2) is 0 Å². The summed E-state index contributed by atoms with van der Waals surface area (Å²) in [5, 5.41) is 10.6. The highest BCUT2D eigenvalue weighted by Crippen LogP contribution is 2.45. The Kier molecular flexibility index (Phi) is 69.9. The van der Waals surface area contributed by atoms with Crippen LogP contribution in [0.25, 0.3) is 0 Å². The van der Waals surface area contributed by atoms with E-state index in [1.54, 1.807) is 0 Å². The molecule has 0 saturated heterocycles. The van der Waals surface area contributed by atoms with Crippen molar-refractivity contribution in [2.75, 3.05) is 39.6 Å². The van der Waals surface area contributed by atoms with E-state index in [2.05, 4.69) is 48.5 Å². The highest BCUT2D eigenvalue weighted by Gasteiger charge is 2.30. The number of phosphoric acid groups is 2. The van der Waals surface area contributed by atoms with E-state index in [1.165, 1.54) is 225 Å². The third-order valence-corrected chi connectivity index (χ3v) is 21.9. The van der Waals surface area contributed by atoms with Crippen molar-refractivity contribution in [3.8, 4) is 0 Å². The zero-order valence-electron chi connectivity index (χ0n) is 65.7. The minimum Gasteiger partial charge on any atom is -0.462 e. The van der Waals surface area contributed by atoms with Gasteiger partial charge in [-0.2, -0.15) is 0 Å². The van der Waals surface area contributed by atoms with Crippen LogP contribution in [0, 0.1) is 17.8 Å². The Morgan fingerprint density at radius 2 is 0.480 bits per heavy atom. The molecule has 0 heterocycles. The van der Waals surface area contributed by atoms with Gasteiger partial charge in [-0.15, -0.1) is 0 Å². The smallest absolute Gasteiger partial charge is 0.462 e. The van der Waals surface area contributed by atoms with E-state index < -0.39 is 97.5 Å². The van der Waals surface area contributed by atoms with E-state index in [9.17, 15) is 43.2 Å². The molecule has 0 aromatic heterocycles. The third-order valence-electron chi connectivity index (χ3n) is 20.0. The summed E-state index contributed by atoms with van der Waals surface area (Å²) in [7, 11) is -9.92. The van der Waals surface area contributed by atoms with Crippen LogP contribution in [-0.2, 0) is 65.4 Å². The van der Waals surface area contributed by atoms with Crippen molar-refractivity contribution in [1.29, 1.82) is 0 Å². The van der Waals surface area contributed by atoms with Gasteiger partial charge in [0.25, 0.3) is 0 Å². The van der Waals surface area contributed by atoms with Gasteiger partial charge in [0.1, 0.15) is 19.3 Å². The second-order valence-electron chi connectivity index (χ2n) is 29.9. The van der Waals surface area contributed by atoms with Gasteiger partial charge in [0.15, 0.2) is 12.2 Å². The molecule has 17 nitrogen and oxygen atoms in total. The van der Waals surface area contributed by atoms with E-state index in [0.29, 0.717) is 25.7 Å². The summed E-state index contributed by atoms with van der Waals surface area (Å²) in [6, 6.07) is 0. The number of esters is 4. The highest BCUT2D eigenvalue weighted by atomic mass is 31.2. The number of aliphatic hydroxyl groups is 1. The molecule has 0 aromatic carbocycles. The normalized spacial score (nSPS) is 14.8. The van der Waals surface area contributed by atoms with Crippen molar-refractivity contribution in [1.82, 2.24) is 0 Å². The van der Waals surface area contributed by atoms with Gasteiger partial charge in [0, 0.05) is 25.7 Å². The first-order chi connectivity index (χ1) is 48.3. The predicted molar refractivity (Wildman–Crippen MR) is 409 cm³/mol. The van der Waals surface area contributed by atoms with Gasteiger partial charge < -0.3 is 33.8 Å². The second-order valence-corrected chi connectivity index (χ2v) is 32.8. The zero-order valence-corrected chi connectivity index (χ0v) is 67.5. The molecule has 594 valence electrons. The molecule has 0 aliphatic carbocycles. The lowest BCUT2D eigenvalue weighted by Crippen LogP contribution is -2.30. The largest absolute Gasteiger partial charge is 0.472 e. The van der Waals surface area contributed by atoms with Crippen LogP contribution in [0.3, 0.4) is 0 Å². The molecule has 19 heteroatoms. The lowest BCUT2D eigenvalue weighted by Gasteiger charge is -2.21. The number of aliphatic hydroxyl groups excluding tert-OH is 1. The number of rotatable bonds is 79. The second kappa shape index (κ2) is 71.3. The van der Waals surface area contributed by atoms with Crippen molar-refractivity contribution >= 4 is 39.5 Å². The Hall–Kier alpha value is -1.94. The standard InChI is InChI=1S/C81H158O17P2/c1-8-12-13-14-15-41-48-55-62-78(83)91-68-76(98-81(86)65-58-51-44-37-36-40-47-54-61-74(7)11-4)70-95-99(87,88)93-66-75(82)67-94-100(89,90)96-71-77(69-92-79(84)63-56-49-42-34-30-26-23-22-25-29-33-39-46-53-60-73(6)10-3)97-80(85)64-57-50-43-35-31-27-21-19-17-16-18-20-24-28-32-38-45-52-59-72(5)9-2/h72-77,82H,8-71H2,1-7H3,(H,87,88)(H,89,90)/t72?,73?,74?,75-,76+,77+/m0/s1. The molecule has 0 aromatic rings. The molecule has 0 bridgehead atoms. The Morgan fingerprint density at radius 3 is 0.710 bits per heavy atom. The quantitative estimate of drug-likeness (QED) is 0.0222. The van der Waals surface area contributed by atoms with Crippen molar-refractivity contribution in [3.63, 3.8) is 0 Å². The molecular formula is C81H158O17P2. The lowest BCUT2D eigenvalue weighted by atomic mass is 9.99. The molecule has 0 saturated carbocycles. The zero-order chi connectivity index (χ0) is 73.7. The maximum atomic E-state index is 13.1. The van der Waals surface area contributed by atoms with Gasteiger partial charge in [-0.1, -0.05) is 370 Å². The summed E-state index contributed by atoms with van der Waals surface area (Å²) in [4.78, 5) is 72.9. The fourth-order valence-electron chi connectivity index (χ4n) is 12.4. The topological polar surface area (TPSA) is 237 Å². The van der Waals surface area contributed by atoms with E-state index >= 15 is 0 Å². The van der Waals surface area contributed by atoms with Crippen molar-refractivity contribution < 1.29 is 80.2 Å². The fourth-order valence-corrected chi connectivity index (χ4v) is 14.0. The third kappa shape index (κ3) is 70.4. The number of hydrogen-bond acceptors (Lipinski definition) is 15. The summed E-state index contributed by atoms with van der Waals surface area (Å²) in [5.74, 6) is 0.375. The Morgan fingerprint density at radius 1 is 0.280 bits per heavy atom. The minimum absolute atomic E-state index is 0.105. The summed E-state index contributed by atoms with van der Waals surface area (Å²) in [6.07, 6.45) is 59.7. The predicted octanol–water partition coefficient (Wildman–Crippen LogP) is 24.1. The Bertz CT molecular complexity index is 1950. The van der Waals surface area contributed by atoms with E-state index in [1.807, 2.05) is 0 Å². The summed E-state index contributed by atoms with van der Waals surface area (Å²) in [6.45, 7) is 12.0. The maximum absolute atomic E-state index is 13.1. The van der Waals surface area contributed by atoms with Gasteiger partial charge >= 0.3 is 39.5 Å². The van der Waals surface area contributed by atoms with Gasteiger partial charge in [-0.25, -0.2) is 9.13 Å². The molecule has 0 fully saturated rings. The molecule has 0 aliphatic rings. The van der Waals surface area contributed by atoms with Gasteiger partial charge in [-0.05, 0) is 43.4 Å². The van der Waals surface area contributed by atoms with Crippen molar-refractivity contribution in [3.05, 3.63) is 0 Å². The SMILES string of the molecule is CCCCCCCCCCC(=O)OC[C@H](COP(=O)(O)OC[C@H](O)COP(=O)(O)OC[C@@H](COC(=O)CCCCCCCCCCCCCCCCC(C)CC)OC(=O)CCCCCCCCCCCCCCCCCCCCC(C)CC)OC(=O)CCCCCCCCCCC(C)CC. The summed E-state index contributed by atoms with van der Waals surface area (Å²) in [5.41, 5.74) is 0. The number of ether oxygens (including phenoxy) is 4. The van der Waals surface area contributed by atoms with Crippen LogP contribution in [0.2, 0.25) is 0 Å². The molecule has 0 aliphatic heterocycles. The van der Waals surface area contributed by atoms with Crippen LogP contribution in [-0.4, -0.2) is 96.7 Å². The van der Waals surface area contributed by atoms with Crippen LogP contribution >= 0.6 is 15.6 Å². The summed E-state index contributed by atoms with van der Waals surface area (Å²) < 4.78 is 68.6. The average Bonchev–Trinajstić information content (AvgIpc) is 0.916. The molecule has 3 N–H and O–H groups in total. The molecule has 0 rings (SSSR count). The monoisotopic (exact) mass is 1470 g/mol. The highest BCUT2D eigenvalue weighted by molar-refractivity contribution is 7.47. The van der Waals surface area contributed by atoms with Gasteiger partial charge in [-0.3, -0.25) is 37.3 Å². The number of hydrogen-bond donors (Lipinski definition) is 3. The first-order valence-electron chi connectivity index (χ1n) is 42.0. The van der Waals surface area contributed by atoms with E-state index in [4.69, 9.17) is 37.0 Å². The van der Waals surface area contributed by atoms with Gasteiger partial charge in [0.05, 0.1) is 26.4 Å². The van der Waals surface area contributed by atoms with Crippen LogP contribution < -0.4 is 0 Å². The number of phosphoric ester groups is 2. The van der Waals surface area contributed by atoms with Gasteiger partial charge in [0.2, 0.25) is 0 Å². The van der Waals surface area contributed by atoms with Crippen LogP contribution in [0.4, 0.5) is 0 Å². The molecule has 100 heavy (non-hydrogen) atoms. The van der Waals surface area contributed by atoms with Crippen LogP contribution in [0.5, 0.6) is 0 Å². The lowest BCUT2D eigenvalue weighted by molar-refractivity contribution is -0.161. The molecule has 0 spiro atoms. The van der Waals surface area contributed by atoms with Crippen LogP contribution in [0.1, 0.15) is 421 Å². The van der Waals surface area contributed by atoms with Crippen molar-refractivity contribution in [2.24, 2.45) is 17.8 Å². The Labute approximate surface area is 613 Å². The fraction of sp³-hybridized carbons (Fsp3) is 0.951. The molecule has 8 atom stereocenters. The maximum Gasteiger partial charge on any atom is 0.472 e. The summed E-state index contributed by atoms with van der Waals surface area (Å²) >= 11 is 0. The van der Waals surface area contributed by atoms with E-state index in [0.717, 1.165) is 114 Å². The average molecular weight is 1470 g/mol. The minimum atomic E-state index is -4.96. The van der Waals surface area contributed by atoms with Crippen molar-refractivity contribution in [2.45, 2.75) is 439 Å². The Balaban J connectivity index is 5.19. The molecule has 5 unspecified atom stereocenters. The first-order valence-corrected chi connectivity index (χ1v) is 45.0. The number of unbranched alkanes of at least 4 members (excludes halogenated alkanes) is 44. The molecular weight excluding hydrogens is 1310 g/mol. The number of carbonyl (C=O) groups excluding carboxylic acids is 4. The number of carbonyl (C=O) groups is 4.